The second kappa shape index (κ2) is 4.61. The number of aromatic nitrogens is 1. The van der Waals surface area contributed by atoms with E-state index < -0.39 is 41.6 Å². The third-order valence-corrected chi connectivity index (χ3v) is 1.77. The lowest BCUT2D eigenvalue weighted by atomic mass is 10.1. The minimum atomic E-state index is -3.01. The van der Waals surface area contributed by atoms with Crippen LogP contribution in [0.2, 0.25) is 0 Å². The van der Waals surface area contributed by atoms with Crippen LogP contribution in [0, 0.1) is 17.3 Å². The van der Waals surface area contributed by atoms with Crippen molar-refractivity contribution in [3.05, 3.63) is 28.8 Å². The highest BCUT2D eigenvalue weighted by molar-refractivity contribution is 5.71. The molecular weight excluding hydrogens is 225 g/mol. The number of nitriles is 1. The van der Waals surface area contributed by atoms with E-state index in [1.54, 1.807) is 0 Å². The molecule has 0 amide bonds. The maximum atomic E-state index is 13.2. The van der Waals surface area contributed by atoms with Crippen molar-refractivity contribution in [1.82, 2.24) is 4.98 Å². The topological polar surface area (TPSA) is 74.0 Å². The van der Waals surface area contributed by atoms with Crippen molar-refractivity contribution in [3.63, 3.8) is 0 Å². The summed E-state index contributed by atoms with van der Waals surface area (Å²) >= 11 is 0. The van der Waals surface area contributed by atoms with Crippen molar-refractivity contribution < 1.29 is 23.1 Å². The number of aliphatic carboxylic acids is 1. The largest absolute Gasteiger partial charge is 0.481 e. The molecule has 1 aromatic rings. The van der Waals surface area contributed by atoms with Gasteiger partial charge in [-0.3, -0.25) is 4.79 Å². The summed E-state index contributed by atoms with van der Waals surface area (Å²) in [5.41, 5.74) is -1.81. The highest BCUT2D eigenvalue weighted by Crippen LogP contribution is 2.21. The molecule has 1 heterocycles. The number of hydrogen-bond acceptors (Lipinski definition) is 3. The van der Waals surface area contributed by atoms with Crippen molar-refractivity contribution in [3.8, 4) is 6.07 Å². The van der Waals surface area contributed by atoms with E-state index in [0.717, 1.165) is 0 Å². The molecule has 0 radical (unpaired) electrons. The second-order valence-corrected chi connectivity index (χ2v) is 2.85. The van der Waals surface area contributed by atoms with Crippen LogP contribution in [0.1, 0.15) is 23.2 Å². The SMILES string of the molecule is N#Cc1cc(C(F)F)nc(F)c1CC(=O)O. The standard InChI is InChI=1S/C9H5F3N2O2/c10-8(11)6-1-4(3-13)5(2-7(15)16)9(12)14-6/h1,8H,2H2,(H,15,16). The van der Waals surface area contributed by atoms with Gasteiger partial charge in [-0.15, -0.1) is 0 Å². The Bertz CT molecular complexity index is 469. The molecule has 0 unspecified atom stereocenters. The van der Waals surface area contributed by atoms with E-state index in [4.69, 9.17) is 10.4 Å². The number of hydrogen-bond donors (Lipinski definition) is 1. The average molecular weight is 230 g/mol. The van der Waals surface area contributed by atoms with Crippen molar-refractivity contribution in [2.75, 3.05) is 0 Å². The van der Waals surface area contributed by atoms with Crippen LogP contribution in [0.3, 0.4) is 0 Å². The minimum absolute atomic E-state index is 0.440. The van der Waals surface area contributed by atoms with Crippen LogP contribution < -0.4 is 0 Å². The van der Waals surface area contributed by atoms with Crippen LogP contribution in [0.5, 0.6) is 0 Å². The number of carboxylic acids is 1. The first-order valence-electron chi connectivity index (χ1n) is 4.05. The van der Waals surface area contributed by atoms with Gasteiger partial charge in [0.2, 0.25) is 5.95 Å². The van der Waals surface area contributed by atoms with Crippen LogP contribution in [0.15, 0.2) is 6.07 Å². The summed E-state index contributed by atoms with van der Waals surface area (Å²) in [5.74, 6) is -2.72. The van der Waals surface area contributed by atoms with E-state index in [9.17, 15) is 18.0 Å². The van der Waals surface area contributed by atoms with Gasteiger partial charge in [0.25, 0.3) is 6.43 Å². The summed E-state index contributed by atoms with van der Waals surface area (Å²) in [6, 6.07) is 2.15. The Labute approximate surface area is 88.0 Å². The molecule has 0 spiro atoms. The minimum Gasteiger partial charge on any atom is -0.481 e. The Morgan fingerprint density at radius 3 is 2.69 bits per heavy atom. The van der Waals surface area contributed by atoms with E-state index >= 15 is 0 Å². The zero-order chi connectivity index (χ0) is 12.3. The van der Waals surface area contributed by atoms with E-state index in [1.165, 1.54) is 6.07 Å². The van der Waals surface area contributed by atoms with Crippen molar-refractivity contribution in [2.24, 2.45) is 0 Å². The Morgan fingerprint density at radius 1 is 1.62 bits per heavy atom. The highest BCUT2D eigenvalue weighted by atomic mass is 19.3. The molecular formula is C9H5F3N2O2. The van der Waals surface area contributed by atoms with Crippen LogP contribution in [-0.2, 0) is 11.2 Å². The van der Waals surface area contributed by atoms with Gasteiger partial charge in [0.1, 0.15) is 5.69 Å². The summed E-state index contributed by atoms with van der Waals surface area (Å²) < 4.78 is 37.6. The summed E-state index contributed by atoms with van der Waals surface area (Å²) in [7, 11) is 0. The molecule has 0 aliphatic carbocycles. The summed E-state index contributed by atoms with van der Waals surface area (Å²) in [5, 5.41) is 17.0. The van der Waals surface area contributed by atoms with Gasteiger partial charge in [0.05, 0.1) is 18.1 Å². The van der Waals surface area contributed by atoms with Gasteiger partial charge in [-0.1, -0.05) is 0 Å². The number of pyridine rings is 1. The van der Waals surface area contributed by atoms with Gasteiger partial charge in [-0.25, -0.2) is 13.8 Å². The molecule has 16 heavy (non-hydrogen) atoms. The van der Waals surface area contributed by atoms with Gasteiger partial charge in [0.15, 0.2) is 0 Å². The number of halogens is 3. The lowest BCUT2D eigenvalue weighted by Gasteiger charge is -2.05. The summed E-state index contributed by atoms with van der Waals surface area (Å²) in [6.07, 6.45) is -3.79. The maximum Gasteiger partial charge on any atom is 0.308 e. The third-order valence-electron chi connectivity index (χ3n) is 1.77. The van der Waals surface area contributed by atoms with E-state index in [-0.39, 0.29) is 0 Å². The molecule has 0 aliphatic heterocycles. The fourth-order valence-electron chi connectivity index (χ4n) is 1.09. The average Bonchev–Trinajstić information content (AvgIpc) is 2.19. The number of carbonyl (C=O) groups is 1. The maximum absolute atomic E-state index is 13.2. The van der Waals surface area contributed by atoms with Gasteiger partial charge in [0, 0.05) is 5.56 Å². The van der Waals surface area contributed by atoms with Crippen LogP contribution in [-0.4, -0.2) is 16.1 Å². The van der Waals surface area contributed by atoms with Gasteiger partial charge < -0.3 is 5.11 Å². The Morgan fingerprint density at radius 2 is 2.25 bits per heavy atom. The lowest BCUT2D eigenvalue weighted by molar-refractivity contribution is -0.136. The van der Waals surface area contributed by atoms with Gasteiger partial charge in [-0.2, -0.15) is 9.65 Å². The van der Waals surface area contributed by atoms with Crippen LogP contribution >= 0.6 is 0 Å². The molecule has 1 aromatic heterocycles. The van der Waals surface area contributed by atoms with Gasteiger partial charge in [-0.05, 0) is 6.07 Å². The van der Waals surface area contributed by atoms with Crippen molar-refractivity contribution in [2.45, 2.75) is 12.8 Å². The number of nitrogens with zero attached hydrogens (tertiary/aromatic N) is 2. The fraction of sp³-hybridized carbons (Fsp3) is 0.222. The molecule has 0 aromatic carbocycles. The molecule has 0 fully saturated rings. The van der Waals surface area contributed by atoms with Crippen LogP contribution in [0.4, 0.5) is 13.2 Å². The predicted octanol–water partition coefficient (Wildman–Crippen LogP) is 1.66. The van der Waals surface area contributed by atoms with Crippen molar-refractivity contribution >= 4 is 5.97 Å². The van der Waals surface area contributed by atoms with E-state index in [2.05, 4.69) is 4.98 Å². The molecule has 1 rings (SSSR count). The predicted molar refractivity (Wildman–Crippen MR) is 45.2 cm³/mol. The quantitative estimate of drug-likeness (QED) is 0.801. The number of alkyl halides is 2. The number of carboxylic acid groups (broad SMARTS) is 1. The first-order chi connectivity index (χ1) is 7.45. The zero-order valence-electron chi connectivity index (χ0n) is 7.75. The molecule has 7 heteroatoms. The molecule has 4 nitrogen and oxygen atoms in total. The molecule has 0 saturated carbocycles. The number of rotatable bonds is 3. The summed E-state index contributed by atoms with van der Waals surface area (Å²) in [6.45, 7) is 0. The first-order valence-corrected chi connectivity index (χ1v) is 4.05. The first kappa shape index (κ1) is 12.0. The molecule has 0 bridgehead atoms. The Hall–Kier alpha value is -2.10. The van der Waals surface area contributed by atoms with E-state index in [0.29, 0.717) is 6.07 Å². The Kier molecular flexibility index (Phi) is 3.45. The highest BCUT2D eigenvalue weighted by Gasteiger charge is 2.19. The van der Waals surface area contributed by atoms with Gasteiger partial charge >= 0.3 is 5.97 Å². The smallest absolute Gasteiger partial charge is 0.308 e. The molecule has 0 atom stereocenters. The van der Waals surface area contributed by atoms with Crippen LogP contribution in [0.25, 0.3) is 0 Å². The zero-order valence-corrected chi connectivity index (χ0v) is 7.75. The van der Waals surface area contributed by atoms with Crippen molar-refractivity contribution in [1.29, 1.82) is 5.26 Å². The second-order valence-electron chi connectivity index (χ2n) is 2.85. The van der Waals surface area contributed by atoms with E-state index in [1.807, 2.05) is 0 Å². The monoisotopic (exact) mass is 230 g/mol. The normalized spacial score (nSPS) is 10.2. The molecule has 0 saturated heterocycles. The fourth-order valence-corrected chi connectivity index (χ4v) is 1.09. The molecule has 84 valence electrons. The Balaban J connectivity index is 3.30. The summed E-state index contributed by atoms with van der Waals surface area (Å²) in [4.78, 5) is 13.3. The lowest BCUT2D eigenvalue weighted by Crippen LogP contribution is -2.08. The molecule has 0 aliphatic rings. The third kappa shape index (κ3) is 2.48. The molecule has 1 N–H and O–H groups in total.